The number of nitrogens with one attached hydrogen (secondary N) is 4. The van der Waals surface area contributed by atoms with Crippen molar-refractivity contribution < 1.29 is 88.5 Å². The summed E-state index contributed by atoms with van der Waals surface area (Å²) in [5.41, 5.74) is 0. The zero-order valence-corrected chi connectivity index (χ0v) is 29.4. The number of carboxylic acids is 2. The molecule has 0 aliphatic carbocycles. The molecule has 10 nitrogen and oxygen atoms in total. The number of unbranched alkanes of at least 4 members (excludes halogenated alkanes) is 10. The largest absolute Gasteiger partial charge is 1.00 e. The Labute approximate surface area is 280 Å². The number of hydrogen-bond acceptors (Lipinski definition) is 8. The summed E-state index contributed by atoms with van der Waals surface area (Å²) in [6.45, 7) is 5.21. The first-order valence-electron chi connectivity index (χ1n) is 13.1. The van der Waals surface area contributed by atoms with Gasteiger partial charge in [0.2, 0.25) is 0 Å². The molecule has 0 rings (SSSR count). The Morgan fingerprint density at radius 2 is 0.895 bits per heavy atom. The van der Waals surface area contributed by atoms with Crippen molar-refractivity contribution in [1.29, 1.82) is 0 Å². The molecule has 0 unspecified atom stereocenters. The molecule has 2 atom stereocenters. The third-order valence-corrected chi connectivity index (χ3v) is 7.79. The number of hydrogen-bond donors (Lipinski definition) is 4. The summed E-state index contributed by atoms with van der Waals surface area (Å²) in [6, 6.07) is -3.64. The van der Waals surface area contributed by atoms with Crippen LogP contribution in [0.3, 0.4) is 0 Å². The second kappa shape index (κ2) is 30.1. The summed E-state index contributed by atoms with van der Waals surface area (Å²) in [4.78, 5) is 46.6. The molecule has 0 spiro atoms. The van der Waals surface area contributed by atoms with Crippen molar-refractivity contribution in [2.75, 3.05) is 24.6 Å². The Morgan fingerprint density at radius 3 is 1.21 bits per heavy atom. The van der Waals surface area contributed by atoms with E-state index >= 15 is 0 Å². The van der Waals surface area contributed by atoms with E-state index in [0.717, 1.165) is 60.1 Å². The summed E-state index contributed by atoms with van der Waals surface area (Å²) < 4.78 is 0. The fourth-order valence-corrected chi connectivity index (χ4v) is 5.50. The number of rotatable bonds is 23. The van der Waals surface area contributed by atoms with Crippen LogP contribution in [0.4, 0.5) is 9.59 Å². The molecular weight excluding hydrogens is 550 g/mol. The standard InChI is InChI=1S/C24H46N4O6S2.2Na/c1-3-5-7-9-11-13-15-25-23(33)27-19(21(29)30)17-35-36-18-20(22(31)32)28-24(34)26-16-14-12-10-8-6-4-2;;/h19-20H,3-18H2,1-2H3,(H,29,30)(H,31,32)(H2,25,27,33)(H2,26,28,34);;/q;2*+1/p-2/t19-,20-;;/m0../s1. The Kier molecular flexibility index (Phi) is 33.8. The first-order chi connectivity index (χ1) is 17.3. The first kappa shape index (κ1) is 42.6. The van der Waals surface area contributed by atoms with E-state index in [1.54, 1.807) is 0 Å². The van der Waals surface area contributed by atoms with E-state index in [-0.39, 0.29) is 70.6 Å². The summed E-state index contributed by atoms with van der Waals surface area (Å²) in [5, 5.41) is 32.7. The second-order valence-electron chi connectivity index (χ2n) is 8.65. The smallest absolute Gasteiger partial charge is 0.548 e. The van der Waals surface area contributed by atoms with Crippen LogP contribution in [0, 0.1) is 0 Å². The minimum Gasteiger partial charge on any atom is -0.548 e. The maximum absolute atomic E-state index is 11.9. The van der Waals surface area contributed by atoms with Crippen molar-refractivity contribution >= 4 is 45.6 Å². The van der Waals surface area contributed by atoms with Crippen molar-refractivity contribution in [2.45, 2.75) is 103 Å². The number of carbonyl (C=O) groups excluding carboxylic acids is 4. The molecule has 0 aromatic carbocycles. The van der Waals surface area contributed by atoms with Gasteiger partial charge in [-0.2, -0.15) is 0 Å². The Hall–Kier alpha value is 0.180. The van der Waals surface area contributed by atoms with Gasteiger partial charge in [0, 0.05) is 24.6 Å². The van der Waals surface area contributed by atoms with E-state index in [4.69, 9.17) is 0 Å². The van der Waals surface area contributed by atoms with E-state index < -0.39 is 36.1 Å². The first-order valence-corrected chi connectivity index (χ1v) is 15.5. The van der Waals surface area contributed by atoms with Crippen molar-refractivity contribution in [3.8, 4) is 0 Å². The molecule has 0 fully saturated rings. The fourth-order valence-electron chi connectivity index (χ4n) is 3.20. The van der Waals surface area contributed by atoms with Crippen LogP contribution in [0.1, 0.15) is 90.9 Å². The minimum absolute atomic E-state index is 0. The van der Waals surface area contributed by atoms with Crippen LogP contribution in [0.2, 0.25) is 0 Å². The SMILES string of the molecule is CCCCCCCCNC(=O)N[C@@H](CSSC[C@H](NC(=O)NCCCCCCCC)C(=O)[O-])C(=O)[O-].[Na+].[Na+]. The van der Waals surface area contributed by atoms with Gasteiger partial charge in [-0.3, -0.25) is 0 Å². The Balaban J connectivity index is -0.00000612. The molecule has 210 valence electrons. The summed E-state index contributed by atoms with van der Waals surface area (Å²) >= 11 is 0. The maximum atomic E-state index is 11.9. The van der Waals surface area contributed by atoms with Crippen molar-refractivity contribution in [3.63, 3.8) is 0 Å². The molecule has 0 aromatic heterocycles. The average molecular weight is 595 g/mol. The van der Waals surface area contributed by atoms with Gasteiger partial charge >= 0.3 is 71.2 Å². The van der Waals surface area contributed by atoms with Crippen molar-refractivity contribution in [2.24, 2.45) is 0 Å². The second-order valence-corrected chi connectivity index (χ2v) is 11.2. The monoisotopic (exact) mass is 594 g/mol. The van der Waals surface area contributed by atoms with Gasteiger partial charge in [-0.05, 0) is 12.8 Å². The molecule has 0 heterocycles. The van der Waals surface area contributed by atoms with Crippen LogP contribution in [-0.4, -0.2) is 60.7 Å². The van der Waals surface area contributed by atoms with Gasteiger partial charge in [-0.25, -0.2) is 9.59 Å². The summed E-state index contributed by atoms with van der Waals surface area (Å²) in [6.07, 6.45) is 12.9. The van der Waals surface area contributed by atoms with Gasteiger partial charge in [0.25, 0.3) is 0 Å². The van der Waals surface area contributed by atoms with Crippen LogP contribution in [0.25, 0.3) is 0 Å². The topological polar surface area (TPSA) is 163 Å². The third-order valence-electron chi connectivity index (χ3n) is 5.36. The van der Waals surface area contributed by atoms with E-state index in [2.05, 4.69) is 35.1 Å². The van der Waals surface area contributed by atoms with Crippen LogP contribution < -0.4 is 90.6 Å². The normalized spacial score (nSPS) is 11.7. The van der Waals surface area contributed by atoms with Gasteiger partial charge in [-0.15, -0.1) is 0 Å². The maximum Gasteiger partial charge on any atom is 1.00 e. The molecule has 0 aromatic rings. The molecule has 0 saturated heterocycles. The molecular formula is C24H44N4Na2O6S2. The molecule has 0 aliphatic rings. The molecule has 4 amide bonds. The third kappa shape index (κ3) is 26.4. The number of amides is 4. The Bertz CT molecular complexity index is 587. The van der Waals surface area contributed by atoms with E-state index in [1.165, 1.54) is 38.5 Å². The molecule has 4 N–H and O–H groups in total. The quantitative estimate of drug-likeness (QED) is 0.0528. The van der Waals surface area contributed by atoms with Crippen molar-refractivity contribution in [1.82, 2.24) is 21.3 Å². The van der Waals surface area contributed by atoms with Gasteiger partial charge in [0.05, 0.1) is 24.0 Å². The Morgan fingerprint density at radius 1 is 0.579 bits per heavy atom. The number of carbonyl (C=O) groups is 4. The molecule has 0 saturated carbocycles. The van der Waals surface area contributed by atoms with Crippen LogP contribution in [0.15, 0.2) is 0 Å². The molecule has 0 radical (unpaired) electrons. The van der Waals surface area contributed by atoms with E-state index in [9.17, 15) is 29.4 Å². The van der Waals surface area contributed by atoms with Crippen LogP contribution >= 0.6 is 21.6 Å². The van der Waals surface area contributed by atoms with E-state index in [0.29, 0.717) is 13.1 Å². The predicted octanol–water partition coefficient (Wildman–Crippen LogP) is -4.07. The number of carboxylic acid groups (broad SMARTS) is 2. The van der Waals surface area contributed by atoms with Gasteiger partial charge < -0.3 is 41.1 Å². The van der Waals surface area contributed by atoms with Gasteiger partial charge in [0.1, 0.15) is 0 Å². The zero-order chi connectivity index (χ0) is 27.0. The zero-order valence-electron chi connectivity index (χ0n) is 23.7. The van der Waals surface area contributed by atoms with Crippen molar-refractivity contribution in [3.05, 3.63) is 0 Å². The summed E-state index contributed by atoms with van der Waals surface area (Å²) in [5.74, 6) is -2.91. The number of urea groups is 2. The van der Waals surface area contributed by atoms with Gasteiger partial charge in [-0.1, -0.05) is 99.6 Å². The van der Waals surface area contributed by atoms with Crippen LogP contribution in [0.5, 0.6) is 0 Å². The number of aliphatic carboxylic acids is 2. The molecule has 14 heteroatoms. The fraction of sp³-hybridized carbons (Fsp3) is 0.833. The average Bonchev–Trinajstić information content (AvgIpc) is 2.83. The molecule has 38 heavy (non-hydrogen) atoms. The van der Waals surface area contributed by atoms with E-state index in [1.807, 2.05) is 0 Å². The molecule has 0 bridgehead atoms. The molecule has 0 aliphatic heterocycles. The predicted molar refractivity (Wildman–Crippen MR) is 142 cm³/mol. The minimum atomic E-state index is -1.43. The van der Waals surface area contributed by atoms with Crippen LogP contribution in [-0.2, 0) is 9.59 Å². The summed E-state index contributed by atoms with van der Waals surface area (Å²) in [7, 11) is 2.13. The van der Waals surface area contributed by atoms with Gasteiger partial charge in [0.15, 0.2) is 0 Å².